The van der Waals surface area contributed by atoms with Gasteiger partial charge in [0.1, 0.15) is 63.5 Å². The molecule has 13 aromatic heterocycles. The van der Waals surface area contributed by atoms with Gasteiger partial charge in [-0.3, -0.25) is 19.2 Å². The molecule has 0 aliphatic carbocycles. The Labute approximate surface area is 718 Å². The van der Waals surface area contributed by atoms with Crippen molar-refractivity contribution in [2.75, 3.05) is 12.3 Å². The van der Waals surface area contributed by atoms with Gasteiger partial charge < -0.3 is 64.0 Å². The summed E-state index contributed by atoms with van der Waals surface area (Å²) in [6.45, 7) is 3.59. The number of pyridine rings is 5. The lowest BCUT2D eigenvalue weighted by Crippen LogP contribution is -2.16. The van der Waals surface area contributed by atoms with Crippen LogP contribution in [-0.4, -0.2) is 109 Å². The molecule has 628 valence electrons. The number of H-pyrrole nitrogens is 4. The monoisotopic (exact) mass is 1770 g/mol. The minimum absolute atomic E-state index is 0.00806. The molecule has 9 N–H and O–H groups in total. The number of hydrogen-bond donors (Lipinski definition) is 8. The molecule has 0 fully saturated rings. The van der Waals surface area contributed by atoms with Crippen LogP contribution < -0.4 is 28.0 Å². The predicted molar refractivity (Wildman–Crippen MR) is 470 cm³/mol. The van der Waals surface area contributed by atoms with E-state index in [-0.39, 0.29) is 99.0 Å². The maximum absolute atomic E-state index is 14.5. The number of aromatic carboxylic acids is 3. The van der Waals surface area contributed by atoms with Crippen molar-refractivity contribution >= 4 is 160 Å². The van der Waals surface area contributed by atoms with Gasteiger partial charge in [-0.15, -0.1) is 45.3 Å². The number of nitrogen functional groups attached to an aromatic ring is 1. The van der Waals surface area contributed by atoms with E-state index in [4.69, 9.17) is 10.5 Å². The van der Waals surface area contributed by atoms with Crippen molar-refractivity contribution in [1.29, 1.82) is 0 Å². The highest BCUT2D eigenvalue weighted by Gasteiger charge is 2.34. The Morgan fingerprint density at radius 3 is 1.16 bits per heavy atom. The molecule has 126 heavy (non-hydrogen) atoms. The van der Waals surface area contributed by atoms with Gasteiger partial charge in [-0.05, 0) is 159 Å². The van der Waals surface area contributed by atoms with Gasteiger partial charge in [-0.25, -0.2) is 70.4 Å². The Kier molecular flexibility index (Phi) is 22.4. The molecule has 7 aromatic carbocycles. The first kappa shape index (κ1) is 82.8. The van der Waals surface area contributed by atoms with Crippen molar-refractivity contribution in [2.45, 2.75) is 40.0 Å². The number of aromatic nitrogens is 13. The van der Waals surface area contributed by atoms with Crippen molar-refractivity contribution in [1.82, 2.24) is 63.1 Å². The number of carboxylic acids is 3. The number of carboxylic acid groups (broad SMARTS) is 3. The van der Waals surface area contributed by atoms with Crippen LogP contribution in [0.4, 0.5) is 32.2 Å². The number of carbonyl (C=O) groups is 4. The van der Waals surface area contributed by atoms with Crippen LogP contribution in [0.2, 0.25) is 0 Å². The predicted octanol–water partition coefficient (Wildman–Crippen LogP) is 18.0. The molecule has 0 bridgehead atoms. The molecule has 0 saturated heterocycles. The summed E-state index contributed by atoms with van der Waals surface area (Å²) in [6, 6.07) is 40.3. The van der Waals surface area contributed by atoms with Gasteiger partial charge >= 0.3 is 23.9 Å². The molecule has 26 nitrogen and oxygen atoms in total. The number of esters is 1. The molecule has 0 unspecified atom stereocenters. The first-order chi connectivity index (χ1) is 60.8. The summed E-state index contributed by atoms with van der Waals surface area (Å²) < 4.78 is 98.8. The van der Waals surface area contributed by atoms with Crippen LogP contribution in [0.5, 0.6) is 0 Å². The number of aryl methyl sites for hydroxylation is 1. The number of rotatable bonds is 17. The Balaban J connectivity index is 0.000000119. The topological polar surface area (TPSA) is 380 Å². The molecule has 0 saturated carbocycles. The maximum Gasteiger partial charge on any atom is 0.355 e. The maximum atomic E-state index is 14.5. The SMILES string of the molecule is CCOC(=O)c1c(-c2ccc[nH]c2=O)c2c3ncsc3ccc2n1Cc1ccnc(N)c1.Cc1nc2c(ccc3c2c(-c2ccc[nH]c2=O)c(C(=O)O)n3Cc2ccc(F)cc2F)s1.O=C(O)c1c(-c2ccc[nH]c2=O)c2c3ncsc3ccc2n1Cc1cc(F)ccc1F.O=C(O)c1c(-c2ccc[nH]c2=O)c2c3ncsc3ccc2n1Cc1ccc(F)cc1F. The highest BCUT2D eigenvalue weighted by atomic mass is 32.1. The number of nitrogens with one attached hydrogen (secondary N) is 4. The molecule has 0 aliphatic heterocycles. The molecule has 0 amide bonds. The normalized spacial score (nSPS) is 11.4. The number of hydrogen-bond acceptors (Lipinski definition) is 19. The number of halogens is 6. The van der Waals surface area contributed by atoms with Gasteiger partial charge in [0.05, 0.1) is 133 Å². The highest BCUT2D eigenvalue weighted by molar-refractivity contribution is 7.19. The zero-order valence-corrected chi connectivity index (χ0v) is 68.5. The zero-order valence-electron chi connectivity index (χ0n) is 65.3. The fourth-order valence-electron chi connectivity index (χ4n) is 15.7. The van der Waals surface area contributed by atoms with Gasteiger partial charge in [-0.1, -0.05) is 12.1 Å². The Hall–Kier alpha value is -15.5. The number of fused-ring (bicyclic) bond motifs is 12. The Bertz CT molecular complexity index is 8110. The summed E-state index contributed by atoms with van der Waals surface area (Å²) >= 11 is 5.72. The van der Waals surface area contributed by atoms with E-state index in [1.807, 2.05) is 35.8 Å². The third-order valence-corrected chi connectivity index (χ3v) is 24.2. The van der Waals surface area contributed by atoms with Crippen LogP contribution in [-0.2, 0) is 30.9 Å². The largest absolute Gasteiger partial charge is 0.477 e. The molecular formula is C90H60F6N14O12S4. The number of benzene rings is 7. The van der Waals surface area contributed by atoms with Gasteiger partial charge in [0, 0.05) is 110 Å². The van der Waals surface area contributed by atoms with Gasteiger partial charge in [-0.2, -0.15) is 0 Å². The van der Waals surface area contributed by atoms with E-state index in [9.17, 15) is 80.0 Å². The van der Waals surface area contributed by atoms with Gasteiger partial charge in [0.25, 0.3) is 22.2 Å². The second-order valence-electron chi connectivity index (χ2n) is 28.3. The molecule has 36 heteroatoms. The number of thiazole rings is 4. The smallest absolute Gasteiger partial charge is 0.355 e. The van der Waals surface area contributed by atoms with E-state index >= 15 is 0 Å². The van der Waals surface area contributed by atoms with Crippen molar-refractivity contribution in [3.63, 3.8) is 0 Å². The average Bonchev–Trinajstić information content (AvgIpc) is 1.59. The fraction of sp³-hybridized carbons (Fsp3) is 0.0778. The lowest BCUT2D eigenvalue weighted by molar-refractivity contribution is 0.0514. The standard InChI is InChI=1S/C23H15F2N3O3S.C23H19N5O3S.2C22H13F2N3O3S/c1-11-27-20-17(32-11)7-6-16-19(20)18(14-3-2-8-26-22(14)29)21(23(30)31)28(16)10-12-4-5-13(24)9-15(12)25;1-2-31-23(30)21-18(14-4-3-8-26-22(14)29)19-15(5-6-16-20(19)27-12-32-16)28(21)11-13-7-9-25-17(24)10-13;23-12-3-4-14(24)11(8-12)9-27-15-5-6-16-19(26-10-31-16)18(15)17(20(27)22(29)30)13-2-1-7-25-21(13)28;23-12-4-3-11(14(24)8-12)9-27-15-5-6-16-19(26-10-31-16)18(15)17(20(27)22(29)30)13-2-1-7-25-21(13)28/h2-9H,10H2,1H3,(H,26,29)(H,30,31);3-10,12H,2,11H2,1H3,(H2,24,25)(H,26,29);2*1-8,10H,9H2,(H,25,28)(H,29,30). The van der Waals surface area contributed by atoms with E-state index < -0.39 is 75.5 Å². The summed E-state index contributed by atoms with van der Waals surface area (Å²) in [7, 11) is 0. The minimum atomic E-state index is -1.30. The third-order valence-electron chi connectivity index (χ3n) is 20.9. The van der Waals surface area contributed by atoms with Crippen LogP contribution in [0, 0.1) is 41.8 Å². The van der Waals surface area contributed by atoms with Gasteiger partial charge in [0.15, 0.2) is 0 Å². The quantitative estimate of drug-likeness (QED) is 0.0310. The molecule has 20 rings (SSSR count). The molecule has 0 aliphatic rings. The molecule has 13 heterocycles. The number of ether oxygens (including phenoxy) is 1. The number of nitrogens with zero attached hydrogens (tertiary/aromatic N) is 9. The van der Waals surface area contributed by atoms with E-state index in [2.05, 4.69) is 44.9 Å². The van der Waals surface area contributed by atoms with Crippen LogP contribution in [0.1, 0.15) is 76.1 Å². The van der Waals surface area contributed by atoms with Gasteiger partial charge in [0.2, 0.25) is 0 Å². The first-order valence-electron chi connectivity index (χ1n) is 38.0. The van der Waals surface area contributed by atoms with Crippen molar-refractivity contribution in [3.8, 4) is 44.5 Å². The fourth-order valence-corrected chi connectivity index (χ4v) is 18.6. The molecule has 0 atom stereocenters. The summed E-state index contributed by atoms with van der Waals surface area (Å²) in [5.41, 5.74) is 16.7. The Morgan fingerprint density at radius 2 is 0.778 bits per heavy atom. The molecular weight excluding hydrogens is 1710 g/mol. The summed E-state index contributed by atoms with van der Waals surface area (Å²) in [5.74, 6) is -8.28. The lowest BCUT2D eigenvalue weighted by Gasteiger charge is -2.12. The van der Waals surface area contributed by atoms with Crippen LogP contribution in [0.3, 0.4) is 0 Å². The summed E-state index contributed by atoms with van der Waals surface area (Å²) in [4.78, 5) is 134. The number of nitrogens with two attached hydrogens (primary N) is 1. The Morgan fingerprint density at radius 1 is 0.413 bits per heavy atom. The van der Waals surface area contributed by atoms with Crippen LogP contribution in [0.25, 0.3) is 129 Å². The third kappa shape index (κ3) is 15.3. The number of carbonyl (C=O) groups excluding carboxylic acids is 1. The van der Waals surface area contributed by atoms with Crippen LogP contribution >= 0.6 is 45.3 Å². The van der Waals surface area contributed by atoms with E-state index in [0.29, 0.717) is 78.4 Å². The van der Waals surface area contributed by atoms with Crippen molar-refractivity contribution < 1.29 is 65.6 Å². The van der Waals surface area contributed by atoms with E-state index in [1.165, 1.54) is 102 Å². The second kappa shape index (κ2) is 34.1. The summed E-state index contributed by atoms with van der Waals surface area (Å²) in [6.07, 6.45) is 7.56. The minimum Gasteiger partial charge on any atom is -0.477 e. The second-order valence-corrected chi connectivity index (χ2v) is 32.2. The van der Waals surface area contributed by atoms with Crippen molar-refractivity contribution in [3.05, 3.63) is 338 Å². The number of aromatic amines is 4. The number of anilines is 1. The van der Waals surface area contributed by atoms with Crippen molar-refractivity contribution in [2.24, 2.45) is 0 Å². The van der Waals surface area contributed by atoms with Crippen LogP contribution in [0.15, 0.2) is 230 Å². The average molecular weight is 1770 g/mol. The summed E-state index contributed by atoms with van der Waals surface area (Å²) in [5, 5.41) is 33.4. The first-order valence-corrected chi connectivity index (χ1v) is 41.5. The van der Waals surface area contributed by atoms with E-state index in [0.717, 1.165) is 88.3 Å². The zero-order chi connectivity index (χ0) is 88.2. The highest BCUT2D eigenvalue weighted by Crippen LogP contribution is 2.45. The molecule has 0 spiro atoms. The lowest BCUT2D eigenvalue weighted by atomic mass is 10.0. The molecule has 20 aromatic rings. The molecule has 0 radical (unpaired) electrons. The van der Waals surface area contributed by atoms with E-state index in [1.54, 1.807) is 109 Å².